The van der Waals surface area contributed by atoms with Crippen molar-refractivity contribution in [3.05, 3.63) is 52.5 Å². The van der Waals surface area contributed by atoms with E-state index in [0.29, 0.717) is 6.04 Å². The minimum absolute atomic E-state index is 0.151. The van der Waals surface area contributed by atoms with Gasteiger partial charge in [0.1, 0.15) is 0 Å². The van der Waals surface area contributed by atoms with E-state index in [0.717, 1.165) is 82.0 Å². The van der Waals surface area contributed by atoms with Gasteiger partial charge in [-0.3, -0.25) is 14.4 Å². The topological polar surface area (TPSA) is 57.2 Å². The molecule has 3 aliphatic rings. The number of benzene rings is 1. The zero-order valence-corrected chi connectivity index (χ0v) is 20.3. The summed E-state index contributed by atoms with van der Waals surface area (Å²) in [6.45, 7) is 6.84. The van der Waals surface area contributed by atoms with Gasteiger partial charge in [-0.2, -0.15) is 16.9 Å². The summed E-state index contributed by atoms with van der Waals surface area (Å²) in [7, 11) is 0. The maximum atomic E-state index is 13.5. The second-order valence-corrected chi connectivity index (χ2v) is 10.9. The number of thioether (sulfide) groups is 1. The van der Waals surface area contributed by atoms with Crippen molar-refractivity contribution < 1.29 is 4.79 Å². The Morgan fingerprint density at radius 2 is 2.00 bits per heavy atom. The number of aromatic nitrogens is 3. The van der Waals surface area contributed by atoms with Crippen LogP contribution in [0.5, 0.6) is 0 Å². The molecule has 174 valence electrons. The molecule has 1 atom stereocenters. The molecule has 0 spiro atoms. The molecule has 1 aromatic carbocycles. The number of nitrogens with one attached hydrogen (secondary N) is 1. The standard InChI is InChI=1S/C26H33N5OS/c1-2-10-31-24-8-7-18(16-21(24)25(28-31)26(32)29-12-14-33-15-13-29)30-11-9-20-19-5-3-4-6-22(19)27-23(20)17-30/h3-6,18,27H,2,7-17H2,1H3. The third kappa shape index (κ3) is 3.79. The van der Waals surface area contributed by atoms with E-state index in [1.807, 2.05) is 16.7 Å². The monoisotopic (exact) mass is 463 g/mol. The smallest absolute Gasteiger partial charge is 0.274 e. The zero-order chi connectivity index (χ0) is 22.4. The fourth-order valence-corrected chi connectivity index (χ4v) is 6.89. The molecule has 2 aromatic heterocycles. The van der Waals surface area contributed by atoms with E-state index in [1.54, 1.807) is 0 Å². The normalized spacial score (nSPS) is 21.2. The molecule has 1 aliphatic carbocycles. The van der Waals surface area contributed by atoms with Crippen LogP contribution in [0.15, 0.2) is 24.3 Å². The maximum Gasteiger partial charge on any atom is 0.274 e. The average Bonchev–Trinajstić information content (AvgIpc) is 3.42. The Hall–Kier alpha value is -2.25. The van der Waals surface area contributed by atoms with Gasteiger partial charge in [0.25, 0.3) is 5.91 Å². The Kier molecular flexibility index (Phi) is 5.70. The lowest BCUT2D eigenvalue weighted by Gasteiger charge is -2.37. The molecule has 3 aromatic rings. The maximum absolute atomic E-state index is 13.5. The highest BCUT2D eigenvalue weighted by molar-refractivity contribution is 7.99. The van der Waals surface area contributed by atoms with Crippen LogP contribution >= 0.6 is 11.8 Å². The van der Waals surface area contributed by atoms with Gasteiger partial charge in [-0.15, -0.1) is 0 Å². The molecule has 4 heterocycles. The molecule has 0 saturated carbocycles. The summed E-state index contributed by atoms with van der Waals surface area (Å²) in [5, 5.41) is 6.28. The Balaban J connectivity index is 1.26. The minimum atomic E-state index is 0.151. The summed E-state index contributed by atoms with van der Waals surface area (Å²) >= 11 is 1.94. The molecule has 1 unspecified atom stereocenters. The highest BCUT2D eigenvalue weighted by Gasteiger charge is 2.35. The molecule has 1 amide bonds. The summed E-state index contributed by atoms with van der Waals surface area (Å²) in [5.74, 6) is 2.22. The largest absolute Gasteiger partial charge is 0.357 e. The molecule has 0 bridgehead atoms. The molecule has 1 saturated heterocycles. The number of hydrogen-bond acceptors (Lipinski definition) is 4. The Morgan fingerprint density at radius 1 is 1.15 bits per heavy atom. The molecule has 7 heteroatoms. The molecular formula is C26H33N5OS. The second kappa shape index (κ2) is 8.84. The molecule has 1 N–H and O–H groups in total. The van der Waals surface area contributed by atoms with Crippen LogP contribution in [0.25, 0.3) is 10.9 Å². The van der Waals surface area contributed by atoms with Crippen LogP contribution in [0.2, 0.25) is 0 Å². The number of aromatic amines is 1. The Morgan fingerprint density at radius 3 is 2.85 bits per heavy atom. The van der Waals surface area contributed by atoms with Crippen LogP contribution in [0.4, 0.5) is 0 Å². The second-order valence-electron chi connectivity index (χ2n) is 9.65. The summed E-state index contributed by atoms with van der Waals surface area (Å²) in [5.41, 5.74) is 7.39. The predicted molar refractivity (Wildman–Crippen MR) is 134 cm³/mol. The number of carbonyl (C=O) groups is 1. The summed E-state index contributed by atoms with van der Waals surface area (Å²) in [6, 6.07) is 9.15. The number of nitrogens with zero attached hydrogens (tertiary/aromatic N) is 4. The predicted octanol–water partition coefficient (Wildman–Crippen LogP) is 3.88. The molecule has 0 radical (unpaired) electrons. The van der Waals surface area contributed by atoms with Crippen molar-refractivity contribution in [1.82, 2.24) is 24.6 Å². The highest BCUT2D eigenvalue weighted by Crippen LogP contribution is 2.33. The van der Waals surface area contributed by atoms with Gasteiger partial charge >= 0.3 is 0 Å². The molecule has 6 nitrogen and oxygen atoms in total. The van der Waals surface area contributed by atoms with Gasteiger partial charge in [0, 0.05) is 78.1 Å². The van der Waals surface area contributed by atoms with E-state index in [2.05, 4.69) is 45.8 Å². The van der Waals surface area contributed by atoms with Crippen molar-refractivity contribution in [3.63, 3.8) is 0 Å². The minimum Gasteiger partial charge on any atom is -0.357 e. The van der Waals surface area contributed by atoms with Crippen molar-refractivity contribution >= 4 is 28.6 Å². The first-order valence-electron chi connectivity index (χ1n) is 12.5. The molecule has 6 rings (SSSR count). The van der Waals surface area contributed by atoms with Crippen molar-refractivity contribution in [2.45, 2.75) is 58.2 Å². The van der Waals surface area contributed by atoms with E-state index < -0.39 is 0 Å². The number of carbonyl (C=O) groups excluding carboxylic acids is 1. The number of fused-ring (bicyclic) bond motifs is 4. The Bertz CT molecular complexity index is 1180. The quantitative estimate of drug-likeness (QED) is 0.638. The van der Waals surface area contributed by atoms with Gasteiger partial charge in [0.15, 0.2) is 5.69 Å². The Labute approximate surface area is 199 Å². The summed E-state index contributed by atoms with van der Waals surface area (Å²) < 4.78 is 2.14. The zero-order valence-electron chi connectivity index (χ0n) is 19.5. The van der Waals surface area contributed by atoms with Crippen LogP contribution in [0, 0.1) is 0 Å². The number of rotatable bonds is 4. The van der Waals surface area contributed by atoms with Crippen molar-refractivity contribution in [2.75, 3.05) is 31.1 Å². The van der Waals surface area contributed by atoms with E-state index >= 15 is 0 Å². The third-order valence-corrected chi connectivity index (χ3v) is 8.63. The first kappa shape index (κ1) is 21.3. The van der Waals surface area contributed by atoms with E-state index in [9.17, 15) is 4.79 Å². The van der Waals surface area contributed by atoms with Gasteiger partial charge in [-0.1, -0.05) is 25.1 Å². The lowest BCUT2D eigenvalue weighted by Crippen LogP contribution is -2.43. The summed E-state index contributed by atoms with van der Waals surface area (Å²) in [4.78, 5) is 21.8. The number of amides is 1. The van der Waals surface area contributed by atoms with Crippen LogP contribution in [-0.4, -0.2) is 67.7 Å². The van der Waals surface area contributed by atoms with Crippen LogP contribution < -0.4 is 0 Å². The molecule has 1 fully saturated rings. The lowest BCUT2D eigenvalue weighted by atomic mass is 9.88. The van der Waals surface area contributed by atoms with Gasteiger partial charge in [0.05, 0.1) is 0 Å². The van der Waals surface area contributed by atoms with E-state index in [-0.39, 0.29) is 5.91 Å². The average molecular weight is 464 g/mol. The van der Waals surface area contributed by atoms with Crippen LogP contribution in [-0.2, 0) is 32.4 Å². The number of hydrogen-bond donors (Lipinski definition) is 1. The van der Waals surface area contributed by atoms with Crippen LogP contribution in [0.3, 0.4) is 0 Å². The first-order valence-corrected chi connectivity index (χ1v) is 13.7. The summed E-state index contributed by atoms with van der Waals surface area (Å²) in [6.07, 6.45) is 5.24. The number of para-hydroxylation sites is 1. The SMILES string of the molecule is CCCn1nc(C(=O)N2CCSCC2)c2c1CCC(N1CCc3c([nH]c4ccccc34)C1)C2. The highest BCUT2D eigenvalue weighted by atomic mass is 32.2. The molecule has 2 aliphatic heterocycles. The van der Waals surface area contributed by atoms with E-state index in [4.69, 9.17) is 5.10 Å². The lowest BCUT2D eigenvalue weighted by molar-refractivity contribution is 0.0763. The van der Waals surface area contributed by atoms with Gasteiger partial charge in [-0.05, 0) is 43.7 Å². The number of H-pyrrole nitrogens is 1. The van der Waals surface area contributed by atoms with Crippen LogP contribution in [0.1, 0.15) is 52.8 Å². The van der Waals surface area contributed by atoms with Crippen molar-refractivity contribution in [1.29, 1.82) is 0 Å². The molecular weight excluding hydrogens is 430 g/mol. The molecule has 33 heavy (non-hydrogen) atoms. The van der Waals surface area contributed by atoms with Gasteiger partial charge < -0.3 is 9.88 Å². The fourth-order valence-electron chi connectivity index (χ4n) is 5.99. The third-order valence-electron chi connectivity index (χ3n) is 7.69. The van der Waals surface area contributed by atoms with Crippen molar-refractivity contribution in [2.24, 2.45) is 0 Å². The van der Waals surface area contributed by atoms with Gasteiger partial charge in [-0.25, -0.2) is 0 Å². The number of aryl methyl sites for hydroxylation is 1. The van der Waals surface area contributed by atoms with Gasteiger partial charge in [0.2, 0.25) is 0 Å². The fraction of sp³-hybridized carbons (Fsp3) is 0.538. The van der Waals surface area contributed by atoms with Crippen molar-refractivity contribution in [3.8, 4) is 0 Å². The van der Waals surface area contributed by atoms with E-state index in [1.165, 1.54) is 33.4 Å². The first-order chi connectivity index (χ1) is 16.2.